The van der Waals surface area contributed by atoms with E-state index in [1.807, 2.05) is 19.9 Å². The normalized spacial score (nSPS) is 15.3. The standard InChI is InChI=1S/C27H27N3O3/c1-4-5-9-20-12-14-23(15-13-20)29-18(2)16-21(19(29)3)17-24-25(31)28-27(33)30(26(24)32)22-10-7-6-8-11-22/h6-8,10-17H,4-5,9H2,1-3H3,(H,28,31,33)/b24-17+. The summed E-state index contributed by atoms with van der Waals surface area (Å²) >= 11 is 0. The molecule has 0 atom stereocenters. The summed E-state index contributed by atoms with van der Waals surface area (Å²) in [5, 5.41) is 2.28. The molecular formula is C27H27N3O3. The van der Waals surface area contributed by atoms with Gasteiger partial charge in [0.15, 0.2) is 0 Å². The second kappa shape index (κ2) is 9.28. The lowest BCUT2D eigenvalue weighted by atomic mass is 10.1. The van der Waals surface area contributed by atoms with Crippen molar-refractivity contribution in [3.8, 4) is 5.69 Å². The molecular weight excluding hydrogens is 414 g/mol. The molecule has 0 aliphatic carbocycles. The van der Waals surface area contributed by atoms with Gasteiger partial charge in [0.25, 0.3) is 11.8 Å². The van der Waals surface area contributed by atoms with Gasteiger partial charge in [-0.15, -0.1) is 0 Å². The Kier molecular flexibility index (Phi) is 6.27. The zero-order valence-corrected chi connectivity index (χ0v) is 19.1. The number of carbonyl (C=O) groups is 3. The van der Waals surface area contributed by atoms with E-state index < -0.39 is 17.8 Å². The minimum atomic E-state index is -0.748. The highest BCUT2D eigenvalue weighted by atomic mass is 16.2. The molecule has 4 rings (SSSR count). The van der Waals surface area contributed by atoms with Gasteiger partial charge in [-0.3, -0.25) is 14.9 Å². The second-order valence-corrected chi connectivity index (χ2v) is 8.23. The molecule has 2 aromatic carbocycles. The lowest BCUT2D eigenvalue weighted by molar-refractivity contribution is -0.122. The van der Waals surface area contributed by atoms with Gasteiger partial charge in [0.1, 0.15) is 5.57 Å². The molecule has 168 valence electrons. The summed E-state index contributed by atoms with van der Waals surface area (Å²) in [5.41, 5.74) is 5.31. The Hall–Kier alpha value is -3.93. The third kappa shape index (κ3) is 4.37. The average Bonchev–Trinajstić information content (AvgIpc) is 3.09. The van der Waals surface area contributed by atoms with E-state index in [0.29, 0.717) is 5.69 Å². The summed E-state index contributed by atoms with van der Waals surface area (Å²) in [6, 6.07) is 18.2. The van der Waals surface area contributed by atoms with Gasteiger partial charge in [0.2, 0.25) is 0 Å². The van der Waals surface area contributed by atoms with Crippen molar-refractivity contribution < 1.29 is 14.4 Å². The first kappa shape index (κ1) is 22.3. The molecule has 1 aliphatic rings. The number of nitrogens with zero attached hydrogens (tertiary/aromatic N) is 2. The topological polar surface area (TPSA) is 71.4 Å². The predicted octanol–water partition coefficient (Wildman–Crippen LogP) is 5.10. The fraction of sp³-hybridized carbons (Fsp3) is 0.222. The fourth-order valence-corrected chi connectivity index (χ4v) is 4.15. The molecule has 1 aliphatic heterocycles. The Bertz CT molecular complexity index is 1240. The Morgan fingerprint density at radius 1 is 0.909 bits per heavy atom. The maximum absolute atomic E-state index is 13.1. The molecule has 4 amide bonds. The number of nitrogens with one attached hydrogen (secondary N) is 1. The van der Waals surface area contributed by atoms with Crippen molar-refractivity contribution in [3.63, 3.8) is 0 Å². The number of imide groups is 2. The van der Waals surface area contributed by atoms with Gasteiger partial charge in [-0.2, -0.15) is 0 Å². The number of anilines is 1. The van der Waals surface area contributed by atoms with E-state index in [1.165, 1.54) is 5.56 Å². The molecule has 0 radical (unpaired) electrons. The number of benzene rings is 2. The van der Waals surface area contributed by atoms with Gasteiger partial charge in [-0.1, -0.05) is 43.7 Å². The molecule has 1 aromatic heterocycles. The third-order valence-electron chi connectivity index (χ3n) is 5.90. The maximum Gasteiger partial charge on any atom is 0.335 e. The molecule has 1 saturated heterocycles. The van der Waals surface area contributed by atoms with Crippen LogP contribution in [0.5, 0.6) is 0 Å². The first-order valence-electron chi connectivity index (χ1n) is 11.2. The maximum atomic E-state index is 13.1. The number of para-hydroxylation sites is 1. The molecule has 6 heteroatoms. The highest BCUT2D eigenvalue weighted by molar-refractivity contribution is 6.39. The summed E-state index contributed by atoms with van der Waals surface area (Å²) < 4.78 is 2.10. The van der Waals surface area contributed by atoms with Crippen molar-refractivity contribution in [2.24, 2.45) is 0 Å². The summed E-state index contributed by atoms with van der Waals surface area (Å²) in [7, 11) is 0. The summed E-state index contributed by atoms with van der Waals surface area (Å²) in [4.78, 5) is 39.0. The average molecular weight is 442 g/mol. The molecule has 2 heterocycles. The predicted molar refractivity (Wildman–Crippen MR) is 129 cm³/mol. The third-order valence-corrected chi connectivity index (χ3v) is 5.90. The van der Waals surface area contributed by atoms with Gasteiger partial charge in [-0.25, -0.2) is 9.69 Å². The van der Waals surface area contributed by atoms with E-state index in [9.17, 15) is 14.4 Å². The number of hydrogen-bond donors (Lipinski definition) is 1. The quantitative estimate of drug-likeness (QED) is 0.427. The van der Waals surface area contributed by atoms with Crippen LogP contribution in [-0.4, -0.2) is 22.4 Å². The van der Waals surface area contributed by atoms with Crippen LogP contribution in [0.2, 0.25) is 0 Å². The number of unbranched alkanes of at least 4 members (excludes halogenated alkanes) is 1. The molecule has 6 nitrogen and oxygen atoms in total. The van der Waals surface area contributed by atoms with Crippen molar-refractivity contribution in [1.29, 1.82) is 0 Å². The van der Waals surface area contributed by atoms with Crippen LogP contribution in [0.25, 0.3) is 11.8 Å². The van der Waals surface area contributed by atoms with Crippen molar-refractivity contribution >= 4 is 29.6 Å². The molecule has 33 heavy (non-hydrogen) atoms. The Labute approximate surface area is 193 Å². The van der Waals surface area contributed by atoms with E-state index in [0.717, 1.165) is 46.8 Å². The Morgan fingerprint density at radius 2 is 1.61 bits per heavy atom. The number of urea groups is 1. The van der Waals surface area contributed by atoms with Crippen LogP contribution in [0.4, 0.5) is 10.5 Å². The van der Waals surface area contributed by atoms with E-state index in [1.54, 1.807) is 36.4 Å². The number of aryl methyl sites for hydroxylation is 2. The van der Waals surface area contributed by atoms with Crippen LogP contribution >= 0.6 is 0 Å². The zero-order valence-electron chi connectivity index (χ0n) is 19.1. The Balaban J connectivity index is 1.68. The number of barbiturate groups is 1. The number of carbonyl (C=O) groups excluding carboxylic acids is 3. The second-order valence-electron chi connectivity index (χ2n) is 8.23. The van der Waals surface area contributed by atoms with E-state index in [-0.39, 0.29) is 5.57 Å². The summed E-state index contributed by atoms with van der Waals surface area (Å²) in [6.07, 6.45) is 4.95. The smallest absolute Gasteiger partial charge is 0.318 e. The van der Waals surface area contributed by atoms with Gasteiger partial charge >= 0.3 is 6.03 Å². The molecule has 1 fully saturated rings. The molecule has 3 aromatic rings. The lowest BCUT2D eigenvalue weighted by Crippen LogP contribution is -2.54. The van der Waals surface area contributed by atoms with Crippen molar-refractivity contribution in [2.75, 3.05) is 4.90 Å². The monoisotopic (exact) mass is 441 g/mol. The molecule has 0 unspecified atom stereocenters. The lowest BCUT2D eigenvalue weighted by Gasteiger charge is -2.26. The summed E-state index contributed by atoms with van der Waals surface area (Å²) in [5.74, 6) is -1.33. The van der Waals surface area contributed by atoms with Gasteiger partial charge < -0.3 is 4.57 Å². The fourth-order valence-electron chi connectivity index (χ4n) is 4.15. The molecule has 0 saturated carbocycles. The van der Waals surface area contributed by atoms with Crippen LogP contribution in [0.1, 0.15) is 42.3 Å². The van der Waals surface area contributed by atoms with Gasteiger partial charge in [0, 0.05) is 17.1 Å². The van der Waals surface area contributed by atoms with Crippen LogP contribution in [0, 0.1) is 13.8 Å². The first-order chi connectivity index (χ1) is 15.9. The number of amides is 4. The summed E-state index contributed by atoms with van der Waals surface area (Å²) in [6.45, 7) is 6.13. The van der Waals surface area contributed by atoms with Crippen LogP contribution in [0.15, 0.2) is 66.2 Å². The number of rotatable bonds is 6. The van der Waals surface area contributed by atoms with Gasteiger partial charge in [0.05, 0.1) is 5.69 Å². The minimum Gasteiger partial charge on any atom is -0.318 e. The number of aromatic nitrogens is 1. The first-order valence-corrected chi connectivity index (χ1v) is 11.2. The van der Waals surface area contributed by atoms with E-state index in [4.69, 9.17) is 0 Å². The highest BCUT2D eigenvalue weighted by Gasteiger charge is 2.36. The van der Waals surface area contributed by atoms with Crippen LogP contribution in [0.3, 0.4) is 0 Å². The molecule has 0 spiro atoms. The minimum absolute atomic E-state index is 0.0754. The SMILES string of the molecule is CCCCc1ccc(-n2c(C)cc(/C=C3\C(=O)NC(=O)N(c4ccccc4)C3=O)c2C)cc1. The van der Waals surface area contributed by atoms with E-state index in [2.05, 4.69) is 41.1 Å². The van der Waals surface area contributed by atoms with Crippen molar-refractivity contribution in [1.82, 2.24) is 9.88 Å². The highest BCUT2D eigenvalue weighted by Crippen LogP contribution is 2.26. The zero-order chi connectivity index (χ0) is 23.5. The van der Waals surface area contributed by atoms with Gasteiger partial charge in [-0.05, 0) is 74.2 Å². The van der Waals surface area contributed by atoms with Crippen LogP contribution < -0.4 is 10.2 Å². The van der Waals surface area contributed by atoms with Crippen LogP contribution in [-0.2, 0) is 16.0 Å². The largest absolute Gasteiger partial charge is 0.335 e. The molecule has 1 N–H and O–H groups in total. The number of hydrogen-bond acceptors (Lipinski definition) is 3. The Morgan fingerprint density at radius 3 is 2.27 bits per heavy atom. The molecule has 0 bridgehead atoms. The van der Waals surface area contributed by atoms with Crippen molar-refractivity contribution in [3.05, 3.63) is 88.8 Å². The van der Waals surface area contributed by atoms with Crippen molar-refractivity contribution in [2.45, 2.75) is 40.0 Å². The van der Waals surface area contributed by atoms with E-state index >= 15 is 0 Å².